The number of carbonyl (C=O) groups is 1. The van der Waals surface area contributed by atoms with Crippen molar-refractivity contribution in [2.75, 3.05) is 0 Å². The van der Waals surface area contributed by atoms with Crippen LogP contribution in [0.15, 0.2) is 24.5 Å². The quantitative estimate of drug-likeness (QED) is 0.158. The number of ether oxygens (including phenoxy) is 1. The van der Waals surface area contributed by atoms with Gasteiger partial charge in [0.25, 0.3) is 0 Å². The molecule has 1 aromatic heterocycles. The Labute approximate surface area is 186 Å². The number of carbonyl (C=O) groups excluding carboxylic acids is 1. The molecule has 1 heterocycles. The van der Waals surface area contributed by atoms with E-state index in [1.54, 1.807) is 12.4 Å². The lowest BCUT2D eigenvalue weighted by Gasteiger charge is -2.07. The van der Waals surface area contributed by atoms with E-state index >= 15 is 0 Å². The number of unbranched alkanes of at least 4 members (excludes halogenated alkanes) is 13. The molecule has 0 aromatic carbocycles. The molecule has 0 fully saturated rings. The van der Waals surface area contributed by atoms with Crippen LogP contribution in [0, 0.1) is 5.92 Å². The first kappa shape index (κ1) is 26.7. The summed E-state index contributed by atoms with van der Waals surface area (Å²) in [5, 5.41) is 0. The van der Waals surface area contributed by atoms with Gasteiger partial charge < -0.3 is 4.74 Å². The standard InChI is InChI=1S/C27H47NO2/c1-3-25(2)19-16-14-12-10-8-6-4-5-7-9-11-13-15-17-21-27(29)30-24-26-20-18-22-28-23-26/h18,20,22-23,25H,3-17,19,21,24H2,1-2H3. The largest absolute Gasteiger partial charge is 0.461 e. The monoisotopic (exact) mass is 417 g/mol. The van der Waals surface area contributed by atoms with Crippen LogP contribution in [0.3, 0.4) is 0 Å². The van der Waals surface area contributed by atoms with Gasteiger partial charge in [-0.3, -0.25) is 9.78 Å². The van der Waals surface area contributed by atoms with Gasteiger partial charge in [-0.15, -0.1) is 0 Å². The van der Waals surface area contributed by atoms with E-state index in [1.807, 2.05) is 12.1 Å². The lowest BCUT2D eigenvalue weighted by molar-refractivity contribution is -0.145. The highest BCUT2D eigenvalue weighted by atomic mass is 16.5. The fourth-order valence-electron chi connectivity index (χ4n) is 3.81. The van der Waals surface area contributed by atoms with Crippen LogP contribution in [0.5, 0.6) is 0 Å². The van der Waals surface area contributed by atoms with E-state index < -0.39 is 0 Å². The Hall–Kier alpha value is -1.38. The van der Waals surface area contributed by atoms with Crippen LogP contribution in [-0.2, 0) is 16.1 Å². The fourth-order valence-corrected chi connectivity index (χ4v) is 3.81. The molecule has 0 aliphatic rings. The Morgan fingerprint density at radius 2 is 1.40 bits per heavy atom. The maximum absolute atomic E-state index is 11.7. The zero-order chi connectivity index (χ0) is 21.7. The van der Waals surface area contributed by atoms with E-state index in [1.165, 1.54) is 89.9 Å². The predicted molar refractivity (Wildman–Crippen MR) is 127 cm³/mol. The summed E-state index contributed by atoms with van der Waals surface area (Å²) in [5.41, 5.74) is 0.947. The molecule has 0 bridgehead atoms. The highest BCUT2D eigenvalue weighted by Gasteiger charge is 2.03. The van der Waals surface area contributed by atoms with Crippen molar-refractivity contribution in [3.05, 3.63) is 30.1 Å². The van der Waals surface area contributed by atoms with Crippen LogP contribution in [0.25, 0.3) is 0 Å². The molecule has 0 aliphatic heterocycles. The molecule has 1 unspecified atom stereocenters. The number of aromatic nitrogens is 1. The van der Waals surface area contributed by atoms with E-state index in [0.29, 0.717) is 13.0 Å². The van der Waals surface area contributed by atoms with Gasteiger partial charge in [0.2, 0.25) is 0 Å². The van der Waals surface area contributed by atoms with E-state index in [-0.39, 0.29) is 5.97 Å². The smallest absolute Gasteiger partial charge is 0.306 e. The number of hydrogen-bond acceptors (Lipinski definition) is 3. The fraction of sp³-hybridized carbons (Fsp3) is 0.778. The van der Waals surface area contributed by atoms with Gasteiger partial charge in [0, 0.05) is 24.4 Å². The molecular formula is C27H47NO2. The Morgan fingerprint density at radius 3 is 1.90 bits per heavy atom. The summed E-state index contributed by atoms with van der Waals surface area (Å²) in [4.78, 5) is 15.8. The average molecular weight is 418 g/mol. The van der Waals surface area contributed by atoms with Gasteiger partial charge >= 0.3 is 5.97 Å². The average Bonchev–Trinajstić information content (AvgIpc) is 2.77. The SMILES string of the molecule is CCC(C)CCCCCCCCCCCCCCCCC(=O)OCc1cccnc1. The second-order valence-corrected chi connectivity index (χ2v) is 9.02. The highest BCUT2D eigenvalue weighted by Crippen LogP contribution is 2.16. The highest BCUT2D eigenvalue weighted by molar-refractivity contribution is 5.69. The molecule has 0 spiro atoms. The third-order valence-electron chi connectivity index (χ3n) is 6.15. The molecule has 0 N–H and O–H groups in total. The second-order valence-electron chi connectivity index (χ2n) is 9.02. The van der Waals surface area contributed by atoms with Crippen molar-refractivity contribution in [1.29, 1.82) is 0 Å². The summed E-state index contributed by atoms with van der Waals surface area (Å²) in [6, 6.07) is 3.79. The van der Waals surface area contributed by atoms with E-state index in [2.05, 4.69) is 18.8 Å². The summed E-state index contributed by atoms with van der Waals surface area (Å²) in [6.07, 6.45) is 25.5. The minimum atomic E-state index is -0.0885. The van der Waals surface area contributed by atoms with Crippen LogP contribution in [0.1, 0.15) is 129 Å². The maximum Gasteiger partial charge on any atom is 0.306 e. The van der Waals surface area contributed by atoms with Crippen molar-refractivity contribution in [2.45, 2.75) is 130 Å². The molecule has 0 aliphatic carbocycles. The molecule has 172 valence electrons. The number of pyridine rings is 1. The molecule has 3 nitrogen and oxygen atoms in total. The van der Waals surface area contributed by atoms with Gasteiger partial charge in [-0.2, -0.15) is 0 Å². The summed E-state index contributed by atoms with van der Waals surface area (Å²) in [7, 11) is 0. The summed E-state index contributed by atoms with van der Waals surface area (Å²) < 4.78 is 5.28. The number of nitrogens with zero attached hydrogens (tertiary/aromatic N) is 1. The third-order valence-corrected chi connectivity index (χ3v) is 6.15. The van der Waals surface area contributed by atoms with Crippen molar-refractivity contribution < 1.29 is 9.53 Å². The van der Waals surface area contributed by atoms with E-state index in [0.717, 1.165) is 24.3 Å². The Bertz CT molecular complexity index is 503. The molecular weight excluding hydrogens is 370 g/mol. The number of hydrogen-bond donors (Lipinski definition) is 0. The molecule has 1 atom stereocenters. The number of esters is 1. The molecule has 30 heavy (non-hydrogen) atoms. The molecule has 1 rings (SSSR count). The van der Waals surface area contributed by atoms with Gasteiger partial charge in [0.05, 0.1) is 0 Å². The third kappa shape index (κ3) is 16.4. The first-order valence-electron chi connectivity index (χ1n) is 12.8. The zero-order valence-electron chi connectivity index (χ0n) is 19.9. The minimum Gasteiger partial charge on any atom is -0.461 e. The zero-order valence-corrected chi connectivity index (χ0v) is 19.9. The Kier molecular flexibility index (Phi) is 17.4. The van der Waals surface area contributed by atoms with Crippen molar-refractivity contribution in [3.63, 3.8) is 0 Å². The normalized spacial score (nSPS) is 12.1. The van der Waals surface area contributed by atoms with Gasteiger partial charge in [0.15, 0.2) is 0 Å². The lowest BCUT2D eigenvalue weighted by Crippen LogP contribution is -2.04. The molecule has 0 amide bonds. The first-order valence-corrected chi connectivity index (χ1v) is 12.8. The molecule has 1 aromatic rings. The molecule has 0 saturated heterocycles. The van der Waals surface area contributed by atoms with Gasteiger partial charge in [0.1, 0.15) is 6.61 Å². The summed E-state index contributed by atoms with van der Waals surface area (Å²) in [5.74, 6) is 0.832. The first-order chi connectivity index (χ1) is 14.7. The van der Waals surface area contributed by atoms with Gasteiger partial charge in [-0.1, -0.05) is 116 Å². The van der Waals surface area contributed by atoms with Crippen LogP contribution in [-0.4, -0.2) is 11.0 Å². The second kappa shape index (κ2) is 19.6. The summed E-state index contributed by atoms with van der Waals surface area (Å²) in [6.45, 7) is 5.02. The van der Waals surface area contributed by atoms with Crippen molar-refractivity contribution >= 4 is 5.97 Å². The topological polar surface area (TPSA) is 39.2 Å². The predicted octanol–water partition coefficient (Wildman–Crippen LogP) is 8.41. The minimum absolute atomic E-state index is 0.0885. The van der Waals surface area contributed by atoms with Crippen molar-refractivity contribution in [3.8, 4) is 0 Å². The maximum atomic E-state index is 11.7. The van der Waals surface area contributed by atoms with Crippen LogP contribution in [0.2, 0.25) is 0 Å². The van der Waals surface area contributed by atoms with Crippen molar-refractivity contribution in [1.82, 2.24) is 4.98 Å². The van der Waals surface area contributed by atoms with E-state index in [9.17, 15) is 4.79 Å². The Balaban J connectivity index is 1.75. The van der Waals surface area contributed by atoms with E-state index in [4.69, 9.17) is 4.74 Å². The number of rotatable bonds is 20. The van der Waals surface area contributed by atoms with Crippen molar-refractivity contribution in [2.24, 2.45) is 5.92 Å². The Morgan fingerprint density at radius 1 is 0.867 bits per heavy atom. The molecule has 3 heteroatoms. The van der Waals surface area contributed by atoms with Gasteiger partial charge in [-0.05, 0) is 18.4 Å². The molecule has 0 saturated carbocycles. The van der Waals surface area contributed by atoms with Crippen LogP contribution in [0.4, 0.5) is 0 Å². The van der Waals surface area contributed by atoms with Gasteiger partial charge in [-0.25, -0.2) is 0 Å². The lowest BCUT2D eigenvalue weighted by atomic mass is 9.99. The van der Waals surface area contributed by atoms with Crippen LogP contribution >= 0.6 is 0 Å². The van der Waals surface area contributed by atoms with Crippen LogP contribution < -0.4 is 0 Å². The molecule has 0 radical (unpaired) electrons. The summed E-state index contributed by atoms with van der Waals surface area (Å²) >= 11 is 0.